The third kappa shape index (κ3) is 3.81. The van der Waals surface area contributed by atoms with E-state index in [1.165, 1.54) is 0 Å². The van der Waals surface area contributed by atoms with Gasteiger partial charge in [-0.25, -0.2) is 0 Å². The predicted octanol–water partition coefficient (Wildman–Crippen LogP) is 2.75. The van der Waals surface area contributed by atoms with Crippen molar-refractivity contribution < 1.29 is 9.63 Å². The Balaban J connectivity index is 2.03. The molecule has 0 amide bonds. The Morgan fingerprint density at radius 2 is 2.10 bits per heavy atom. The molecule has 2 aromatic rings. The van der Waals surface area contributed by atoms with E-state index in [9.17, 15) is 5.11 Å². The number of nitrogens with zero attached hydrogens (tertiary/aromatic N) is 2. The lowest BCUT2D eigenvalue weighted by molar-refractivity contribution is 0.289. The van der Waals surface area contributed by atoms with E-state index >= 15 is 0 Å². The first kappa shape index (κ1) is 14.5. The first-order valence-electron chi connectivity index (χ1n) is 6.82. The van der Waals surface area contributed by atoms with Gasteiger partial charge in [0.1, 0.15) is 5.75 Å². The minimum atomic E-state index is 0.175. The molecule has 5 heteroatoms. The van der Waals surface area contributed by atoms with Gasteiger partial charge in [0.2, 0.25) is 11.7 Å². The first-order valence-corrected chi connectivity index (χ1v) is 6.82. The molecule has 0 unspecified atom stereocenters. The van der Waals surface area contributed by atoms with Crippen molar-refractivity contribution >= 4 is 0 Å². The summed E-state index contributed by atoms with van der Waals surface area (Å²) in [5.41, 5.74) is 6.53. The average Bonchev–Trinajstić information content (AvgIpc) is 2.85. The number of nitrogens with two attached hydrogens (primary N) is 1. The van der Waals surface area contributed by atoms with E-state index in [1.54, 1.807) is 18.2 Å². The summed E-state index contributed by atoms with van der Waals surface area (Å²) in [6.45, 7) is 5.06. The van der Waals surface area contributed by atoms with Crippen molar-refractivity contribution in [2.24, 2.45) is 11.1 Å². The van der Waals surface area contributed by atoms with Gasteiger partial charge in [0.15, 0.2) is 0 Å². The Kier molecular flexibility index (Phi) is 4.39. The summed E-state index contributed by atoms with van der Waals surface area (Å²) in [5.74, 6) is 1.32. The zero-order valence-electron chi connectivity index (χ0n) is 12.0. The van der Waals surface area contributed by atoms with Crippen LogP contribution in [0.15, 0.2) is 28.8 Å². The number of rotatable bonds is 6. The van der Waals surface area contributed by atoms with Crippen LogP contribution in [0.3, 0.4) is 0 Å². The first-order chi connectivity index (χ1) is 9.50. The van der Waals surface area contributed by atoms with Crippen LogP contribution < -0.4 is 5.73 Å². The summed E-state index contributed by atoms with van der Waals surface area (Å²) in [6.07, 6.45) is 2.66. The molecule has 1 aromatic carbocycles. The molecule has 108 valence electrons. The van der Waals surface area contributed by atoms with Gasteiger partial charge in [0, 0.05) is 12.0 Å². The van der Waals surface area contributed by atoms with E-state index < -0.39 is 0 Å². The molecule has 0 aliphatic carbocycles. The maximum absolute atomic E-state index is 9.45. The third-order valence-corrected chi connectivity index (χ3v) is 3.41. The highest BCUT2D eigenvalue weighted by Gasteiger charge is 2.18. The molecule has 0 atom stereocenters. The lowest BCUT2D eigenvalue weighted by Gasteiger charge is -2.22. The summed E-state index contributed by atoms with van der Waals surface area (Å²) in [6, 6.07) is 6.82. The molecule has 1 aromatic heterocycles. The van der Waals surface area contributed by atoms with Gasteiger partial charge >= 0.3 is 0 Å². The van der Waals surface area contributed by atoms with Crippen molar-refractivity contribution in [1.82, 2.24) is 10.1 Å². The smallest absolute Gasteiger partial charge is 0.226 e. The molecule has 0 saturated carbocycles. The van der Waals surface area contributed by atoms with E-state index in [-0.39, 0.29) is 11.2 Å². The van der Waals surface area contributed by atoms with Crippen molar-refractivity contribution in [2.75, 3.05) is 6.54 Å². The molecular weight excluding hydrogens is 254 g/mol. The molecule has 0 aliphatic heterocycles. The fourth-order valence-corrected chi connectivity index (χ4v) is 2.08. The lowest BCUT2D eigenvalue weighted by Crippen LogP contribution is -2.17. The molecule has 0 bridgehead atoms. The highest BCUT2D eigenvalue weighted by Crippen LogP contribution is 2.27. The lowest BCUT2D eigenvalue weighted by atomic mass is 9.84. The van der Waals surface area contributed by atoms with Crippen molar-refractivity contribution in [2.45, 2.75) is 33.1 Å². The van der Waals surface area contributed by atoms with Gasteiger partial charge in [-0.3, -0.25) is 0 Å². The maximum atomic E-state index is 9.45. The minimum absolute atomic E-state index is 0.175. The van der Waals surface area contributed by atoms with Crippen LogP contribution in [-0.2, 0) is 6.42 Å². The van der Waals surface area contributed by atoms with Gasteiger partial charge in [-0.05, 0) is 36.9 Å². The fraction of sp³-hybridized carbons (Fsp3) is 0.467. The van der Waals surface area contributed by atoms with Gasteiger partial charge in [0.25, 0.3) is 0 Å². The van der Waals surface area contributed by atoms with Gasteiger partial charge in [-0.2, -0.15) is 4.98 Å². The quantitative estimate of drug-likeness (QED) is 0.846. The van der Waals surface area contributed by atoms with Crippen LogP contribution in [0.5, 0.6) is 5.75 Å². The summed E-state index contributed by atoms with van der Waals surface area (Å²) in [5, 5.41) is 13.4. The largest absolute Gasteiger partial charge is 0.508 e. The number of benzene rings is 1. The SMILES string of the molecule is CC(C)(CCN)CCc1nc(-c2cccc(O)c2)no1. The van der Waals surface area contributed by atoms with Crippen LogP contribution in [0.25, 0.3) is 11.4 Å². The number of aromatic hydroxyl groups is 1. The van der Waals surface area contributed by atoms with Crippen LogP contribution in [0.4, 0.5) is 0 Å². The van der Waals surface area contributed by atoms with Gasteiger partial charge in [-0.1, -0.05) is 31.1 Å². The van der Waals surface area contributed by atoms with Gasteiger partial charge < -0.3 is 15.4 Å². The zero-order chi connectivity index (χ0) is 14.6. The summed E-state index contributed by atoms with van der Waals surface area (Å²) in [4.78, 5) is 4.36. The molecule has 20 heavy (non-hydrogen) atoms. The molecule has 0 spiro atoms. The standard InChI is InChI=1S/C15H21N3O2/c1-15(2,8-9-16)7-6-13-17-14(18-20-13)11-4-3-5-12(19)10-11/h3-5,10,19H,6-9,16H2,1-2H3. The summed E-state index contributed by atoms with van der Waals surface area (Å²) >= 11 is 0. The second-order valence-electron chi connectivity index (χ2n) is 5.76. The van der Waals surface area contributed by atoms with Gasteiger partial charge in [0.05, 0.1) is 0 Å². The molecule has 2 rings (SSSR count). The van der Waals surface area contributed by atoms with Crippen LogP contribution in [0.2, 0.25) is 0 Å². The number of hydrogen-bond donors (Lipinski definition) is 2. The van der Waals surface area contributed by atoms with E-state index in [1.807, 2.05) is 6.07 Å². The molecule has 0 fully saturated rings. The number of hydrogen-bond acceptors (Lipinski definition) is 5. The third-order valence-electron chi connectivity index (χ3n) is 3.41. The summed E-state index contributed by atoms with van der Waals surface area (Å²) in [7, 11) is 0. The highest BCUT2D eigenvalue weighted by atomic mass is 16.5. The monoisotopic (exact) mass is 275 g/mol. The maximum Gasteiger partial charge on any atom is 0.226 e. The topological polar surface area (TPSA) is 85.2 Å². The molecule has 5 nitrogen and oxygen atoms in total. The Labute approximate surface area is 118 Å². The zero-order valence-corrected chi connectivity index (χ0v) is 12.0. The van der Waals surface area contributed by atoms with Gasteiger partial charge in [-0.15, -0.1) is 0 Å². The van der Waals surface area contributed by atoms with E-state index in [0.29, 0.717) is 18.3 Å². The Morgan fingerprint density at radius 1 is 1.30 bits per heavy atom. The van der Waals surface area contributed by atoms with E-state index in [0.717, 1.165) is 24.8 Å². The molecule has 3 N–H and O–H groups in total. The van der Waals surface area contributed by atoms with E-state index in [4.69, 9.17) is 10.3 Å². The van der Waals surface area contributed by atoms with Crippen LogP contribution in [0.1, 0.15) is 32.6 Å². The summed E-state index contributed by atoms with van der Waals surface area (Å²) < 4.78 is 5.26. The molecule has 1 heterocycles. The predicted molar refractivity (Wildman–Crippen MR) is 77.2 cm³/mol. The molecule has 0 aliphatic rings. The van der Waals surface area contributed by atoms with Crippen molar-refractivity contribution in [3.63, 3.8) is 0 Å². The number of aryl methyl sites for hydroxylation is 1. The number of phenols is 1. The molecular formula is C15H21N3O2. The fourth-order valence-electron chi connectivity index (χ4n) is 2.08. The second-order valence-corrected chi connectivity index (χ2v) is 5.76. The van der Waals surface area contributed by atoms with Crippen LogP contribution in [-0.4, -0.2) is 21.8 Å². The molecule has 0 radical (unpaired) electrons. The molecule has 0 saturated heterocycles. The van der Waals surface area contributed by atoms with E-state index in [2.05, 4.69) is 24.0 Å². The Hall–Kier alpha value is -1.88. The highest BCUT2D eigenvalue weighted by molar-refractivity contribution is 5.56. The van der Waals surface area contributed by atoms with Crippen LogP contribution >= 0.6 is 0 Å². The number of phenolic OH excluding ortho intramolecular Hbond substituents is 1. The van der Waals surface area contributed by atoms with Crippen molar-refractivity contribution in [1.29, 1.82) is 0 Å². The number of aromatic nitrogens is 2. The average molecular weight is 275 g/mol. The second kappa shape index (κ2) is 6.05. The minimum Gasteiger partial charge on any atom is -0.508 e. The Morgan fingerprint density at radius 3 is 2.80 bits per heavy atom. The van der Waals surface area contributed by atoms with Crippen molar-refractivity contribution in [3.8, 4) is 17.1 Å². The normalized spacial score (nSPS) is 11.8. The van der Waals surface area contributed by atoms with Crippen LogP contribution in [0, 0.1) is 5.41 Å². The van der Waals surface area contributed by atoms with Crippen molar-refractivity contribution in [3.05, 3.63) is 30.2 Å². The Bertz CT molecular complexity index is 564.